The number of hydrogen-bond donors (Lipinski definition) is 0. The van der Waals surface area contributed by atoms with Gasteiger partial charge in [-0.1, -0.05) is 57.0 Å². The molecule has 0 amide bonds. The van der Waals surface area contributed by atoms with Crippen LogP contribution in [0.5, 0.6) is 0 Å². The Balaban J connectivity index is 1.94. The summed E-state index contributed by atoms with van der Waals surface area (Å²) >= 11 is 0. The van der Waals surface area contributed by atoms with E-state index < -0.39 is 11.9 Å². The predicted octanol–water partition coefficient (Wildman–Crippen LogP) is 6.51. The van der Waals surface area contributed by atoms with Gasteiger partial charge in [-0.15, -0.1) is 0 Å². The standard InChI is InChI=1S/C31H41N3O4/c1-5-9-16-33(22-24-18-26(30(35)37-7-3)20-27(19-24)31(36)38-8-4)23-28-21-32-29(34(28)17-10-6-2)25-14-12-11-13-15-25/h11-15,18-21H,5-10,16-17,22-23H2,1-4H3. The van der Waals surface area contributed by atoms with Crippen molar-refractivity contribution in [2.24, 2.45) is 0 Å². The summed E-state index contributed by atoms with van der Waals surface area (Å²) in [5.74, 6) is 0.105. The monoisotopic (exact) mass is 519 g/mol. The van der Waals surface area contributed by atoms with Gasteiger partial charge in [0.15, 0.2) is 0 Å². The Bertz CT molecular complexity index is 1140. The first-order valence-electron chi connectivity index (χ1n) is 13.8. The highest BCUT2D eigenvalue weighted by molar-refractivity contribution is 5.95. The minimum Gasteiger partial charge on any atom is -0.462 e. The molecule has 2 aromatic carbocycles. The van der Waals surface area contributed by atoms with Crippen LogP contribution in [0.3, 0.4) is 0 Å². The molecule has 3 rings (SSSR count). The molecule has 3 aromatic rings. The van der Waals surface area contributed by atoms with E-state index in [0.717, 1.165) is 61.4 Å². The molecule has 0 N–H and O–H groups in total. The number of imidazole rings is 1. The van der Waals surface area contributed by atoms with Gasteiger partial charge >= 0.3 is 11.9 Å². The summed E-state index contributed by atoms with van der Waals surface area (Å²) < 4.78 is 12.8. The lowest BCUT2D eigenvalue weighted by atomic mass is 10.0. The van der Waals surface area contributed by atoms with Gasteiger partial charge in [-0.25, -0.2) is 14.6 Å². The second-order valence-corrected chi connectivity index (χ2v) is 9.37. The van der Waals surface area contributed by atoms with Crippen LogP contribution in [0.2, 0.25) is 0 Å². The van der Waals surface area contributed by atoms with Gasteiger partial charge in [-0.05, 0) is 57.0 Å². The number of ether oxygens (including phenoxy) is 2. The van der Waals surface area contributed by atoms with Crippen molar-refractivity contribution in [3.05, 3.63) is 77.1 Å². The molecule has 38 heavy (non-hydrogen) atoms. The quantitative estimate of drug-likeness (QED) is 0.213. The van der Waals surface area contributed by atoms with Crippen molar-refractivity contribution in [2.75, 3.05) is 19.8 Å². The van der Waals surface area contributed by atoms with Crippen molar-refractivity contribution in [1.82, 2.24) is 14.5 Å². The molecule has 0 bridgehead atoms. The smallest absolute Gasteiger partial charge is 0.338 e. The summed E-state index contributed by atoms with van der Waals surface area (Å²) in [6, 6.07) is 15.5. The normalized spacial score (nSPS) is 11.1. The number of carbonyl (C=O) groups is 2. The van der Waals surface area contributed by atoms with E-state index in [1.165, 1.54) is 0 Å². The fraction of sp³-hybridized carbons (Fsp3) is 0.452. The summed E-state index contributed by atoms with van der Waals surface area (Å²) in [6.07, 6.45) is 6.26. The topological polar surface area (TPSA) is 73.7 Å². The van der Waals surface area contributed by atoms with Gasteiger partial charge in [-0.2, -0.15) is 0 Å². The Morgan fingerprint density at radius 2 is 1.47 bits per heavy atom. The van der Waals surface area contributed by atoms with E-state index in [-0.39, 0.29) is 13.2 Å². The molecular weight excluding hydrogens is 478 g/mol. The summed E-state index contributed by atoms with van der Waals surface area (Å²) in [5.41, 5.74) is 3.86. The SMILES string of the molecule is CCCCN(Cc1cc(C(=O)OCC)cc(C(=O)OCC)c1)Cc1cnc(-c2ccccc2)n1CCCC. The van der Waals surface area contributed by atoms with Crippen LogP contribution in [-0.4, -0.2) is 46.1 Å². The van der Waals surface area contributed by atoms with Crippen LogP contribution >= 0.6 is 0 Å². The molecule has 7 heteroatoms. The Morgan fingerprint density at radius 3 is 2.05 bits per heavy atom. The zero-order chi connectivity index (χ0) is 27.3. The second-order valence-electron chi connectivity index (χ2n) is 9.37. The van der Waals surface area contributed by atoms with Crippen LogP contribution in [0.1, 0.15) is 85.4 Å². The van der Waals surface area contributed by atoms with E-state index in [0.29, 0.717) is 24.2 Å². The minimum absolute atomic E-state index is 0.270. The van der Waals surface area contributed by atoms with Gasteiger partial charge in [0.2, 0.25) is 0 Å². The molecule has 204 valence electrons. The first kappa shape index (κ1) is 29.1. The van der Waals surface area contributed by atoms with E-state index in [2.05, 4.69) is 35.4 Å². The van der Waals surface area contributed by atoms with Gasteiger partial charge in [0.25, 0.3) is 0 Å². The number of aromatic nitrogens is 2. The second kappa shape index (κ2) is 15.1. The molecule has 0 saturated heterocycles. The number of esters is 2. The van der Waals surface area contributed by atoms with Gasteiger partial charge in [0, 0.05) is 25.2 Å². The molecular formula is C31H41N3O4. The molecule has 1 aromatic heterocycles. The fourth-order valence-electron chi connectivity index (χ4n) is 4.45. The van der Waals surface area contributed by atoms with Crippen molar-refractivity contribution < 1.29 is 19.1 Å². The Hall–Kier alpha value is -3.45. The van der Waals surface area contributed by atoms with Crippen molar-refractivity contribution >= 4 is 11.9 Å². The lowest BCUT2D eigenvalue weighted by Crippen LogP contribution is -2.26. The lowest BCUT2D eigenvalue weighted by Gasteiger charge is -2.24. The van der Waals surface area contributed by atoms with Crippen LogP contribution < -0.4 is 0 Å². The third kappa shape index (κ3) is 8.02. The molecule has 0 atom stereocenters. The Labute approximate surface area is 226 Å². The van der Waals surface area contributed by atoms with E-state index in [9.17, 15) is 9.59 Å². The van der Waals surface area contributed by atoms with Crippen LogP contribution in [0.4, 0.5) is 0 Å². The number of unbranched alkanes of at least 4 members (excludes halogenated alkanes) is 2. The van der Waals surface area contributed by atoms with E-state index in [1.54, 1.807) is 19.9 Å². The largest absolute Gasteiger partial charge is 0.462 e. The molecule has 0 spiro atoms. The first-order chi connectivity index (χ1) is 18.5. The minimum atomic E-state index is -0.440. The van der Waals surface area contributed by atoms with E-state index in [4.69, 9.17) is 14.5 Å². The van der Waals surface area contributed by atoms with Crippen LogP contribution in [0.25, 0.3) is 11.4 Å². The molecule has 0 saturated carbocycles. The number of nitrogens with zero attached hydrogens (tertiary/aromatic N) is 3. The van der Waals surface area contributed by atoms with Crippen LogP contribution in [-0.2, 0) is 29.1 Å². The number of benzene rings is 2. The third-order valence-corrected chi connectivity index (χ3v) is 6.34. The third-order valence-electron chi connectivity index (χ3n) is 6.34. The number of rotatable bonds is 15. The molecule has 0 radical (unpaired) electrons. The van der Waals surface area contributed by atoms with E-state index in [1.807, 2.05) is 36.5 Å². The van der Waals surface area contributed by atoms with Gasteiger partial charge < -0.3 is 14.0 Å². The maximum atomic E-state index is 12.6. The van der Waals surface area contributed by atoms with Crippen molar-refractivity contribution in [1.29, 1.82) is 0 Å². The summed E-state index contributed by atoms with van der Waals surface area (Å²) in [7, 11) is 0. The number of hydrogen-bond acceptors (Lipinski definition) is 6. The highest BCUT2D eigenvalue weighted by atomic mass is 16.5. The molecule has 0 aliphatic rings. The van der Waals surface area contributed by atoms with Gasteiger partial charge in [-0.3, -0.25) is 4.90 Å². The van der Waals surface area contributed by atoms with Crippen molar-refractivity contribution in [2.45, 2.75) is 73.0 Å². The first-order valence-corrected chi connectivity index (χ1v) is 13.8. The van der Waals surface area contributed by atoms with Crippen molar-refractivity contribution in [3.63, 3.8) is 0 Å². The summed E-state index contributed by atoms with van der Waals surface area (Å²) in [4.78, 5) is 32.3. The molecule has 0 unspecified atom stereocenters. The molecule has 0 aliphatic carbocycles. The average molecular weight is 520 g/mol. The molecule has 0 fully saturated rings. The summed E-state index contributed by atoms with van der Waals surface area (Å²) in [5, 5.41) is 0. The predicted molar refractivity (Wildman–Crippen MR) is 150 cm³/mol. The zero-order valence-corrected chi connectivity index (χ0v) is 23.2. The van der Waals surface area contributed by atoms with Crippen LogP contribution in [0, 0.1) is 0 Å². The van der Waals surface area contributed by atoms with Crippen LogP contribution in [0.15, 0.2) is 54.7 Å². The lowest BCUT2D eigenvalue weighted by molar-refractivity contribution is 0.0524. The highest BCUT2D eigenvalue weighted by Gasteiger charge is 2.18. The molecule has 0 aliphatic heterocycles. The fourth-order valence-corrected chi connectivity index (χ4v) is 4.45. The van der Waals surface area contributed by atoms with E-state index >= 15 is 0 Å². The molecule has 1 heterocycles. The Kier molecular flexibility index (Phi) is 11.6. The van der Waals surface area contributed by atoms with Crippen molar-refractivity contribution in [3.8, 4) is 11.4 Å². The Morgan fingerprint density at radius 1 is 0.842 bits per heavy atom. The summed E-state index contributed by atoms with van der Waals surface area (Å²) in [6.45, 7) is 11.5. The highest BCUT2D eigenvalue weighted by Crippen LogP contribution is 2.23. The number of carbonyl (C=O) groups excluding carboxylic acids is 2. The van der Waals surface area contributed by atoms with Gasteiger partial charge in [0.05, 0.1) is 36.2 Å². The average Bonchev–Trinajstić information content (AvgIpc) is 3.33. The maximum Gasteiger partial charge on any atom is 0.338 e. The molecule has 7 nitrogen and oxygen atoms in total. The van der Waals surface area contributed by atoms with Gasteiger partial charge in [0.1, 0.15) is 5.82 Å². The maximum absolute atomic E-state index is 12.6. The zero-order valence-electron chi connectivity index (χ0n) is 23.2.